The van der Waals surface area contributed by atoms with E-state index in [0.29, 0.717) is 21.7 Å². The summed E-state index contributed by atoms with van der Waals surface area (Å²) in [5, 5.41) is 18.7. The molecule has 10 heteroatoms. The highest BCUT2D eigenvalue weighted by atomic mass is 32.1. The van der Waals surface area contributed by atoms with Crippen LogP contribution in [-0.2, 0) is 0 Å². The number of hydrogen-bond acceptors (Lipinski definition) is 7. The highest BCUT2D eigenvalue weighted by molar-refractivity contribution is 7.17. The number of thiophene rings is 1. The summed E-state index contributed by atoms with van der Waals surface area (Å²) in [6.45, 7) is 0. The van der Waals surface area contributed by atoms with E-state index in [0.717, 1.165) is 10.6 Å². The lowest BCUT2D eigenvalue weighted by molar-refractivity contribution is 0.0712. The van der Waals surface area contributed by atoms with E-state index in [1.807, 2.05) is 18.2 Å². The van der Waals surface area contributed by atoms with Gasteiger partial charge in [0.05, 0.1) is 38.3 Å². The fraction of sp³-hybridized carbons (Fsp3) is 0.115. The van der Waals surface area contributed by atoms with Crippen LogP contribution in [0.2, 0.25) is 0 Å². The van der Waals surface area contributed by atoms with Gasteiger partial charge >= 0.3 is 0 Å². The van der Waals surface area contributed by atoms with Gasteiger partial charge in [0, 0.05) is 37.6 Å². The second-order valence-corrected chi connectivity index (χ2v) is 9.09. The van der Waals surface area contributed by atoms with E-state index in [-0.39, 0.29) is 23.6 Å². The van der Waals surface area contributed by atoms with Crippen LogP contribution in [0.25, 0.3) is 10.6 Å². The molecule has 0 bridgehead atoms. The van der Waals surface area contributed by atoms with Crippen molar-refractivity contribution in [2.75, 3.05) is 7.05 Å². The fourth-order valence-electron chi connectivity index (χ4n) is 4.03. The molecule has 1 unspecified atom stereocenters. The van der Waals surface area contributed by atoms with E-state index in [2.05, 4.69) is 20.4 Å². The first-order chi connectivity index (χ1) is 17.5. The van der Waals surface area contributed by atoms with Crippen LogP contribution in [0.1, 0.15) is 43.6 Å². The number of aromatic nitrogens is 2. The van der Waals surface area contributed by atoms with Gasteiger partial charge in [-0.25, -0.2) is 9.40 Å². The van der Waals surface area contributed by atoms with Gasteiger partial charge in [-0.15, -0.1) is 11.3 Å². The predicted octanol–water partition coefficient (Wildman–Crippen LogP) is 4.40. The number of phenolic OH excluding ortho intramolecular Hbond substituents is 1. The number of carbonyl (C=O) groups excluding carboxylic acids is 2. The Bertz CT molecular complexity index is 1470. The zero-order chi connectivity index (χ0) is 25.2. The highest BCUT2D eigenvalue weighted by Crippen LogP contribution is 2.40. The average Bonchev–Trinajstić information content (AvgIpc) is 3.57. The highest BCUT2D eigenvalue weighted by Gasteiger charge is 2.37. The minimum atomic E-state index is -0.891. The molecule has 0 saturated heterocycles. The van der Waals surface area contributed by atoms with Crippen molar-refractivity contribution in [2.45, 2.75) is 12.5 Å². The molecule has 1 aromatic carbocycles. The number of halogens is 1. The molecule has 2 amide bonds. The second-order valence-electron chi connectivity index (χ2n) is 8.01. The van der Waals surface area contributed by atoms with Crippen LogP contribution in [0.4, 0.5) is 4.39 Å². The van der Waals surface area contributed by atoms with Crippen molar-refractivity contribution in [1.82, 2.24) is 20.3 Å². The molecule has 0 fully saturated rings. The number of hydrazone groups is 1. The number of nitrogens with zero attached hydrogens (tertiary/aromatic N) is 4. The lowest BCUT2D eigenvalue weighted by atomic mass is 9.97. The average molecular weight is 502 g/mol. The maximum atomic E-state index is 14.9. The summed E-state index contributed by atoms with van der Waals surface area (Å²) in [6.07, 6.45) is 4.75. The van der Waals surface area contributed by atoms with E-state index in [9.17, 15) is 19.1 Å². The summed E-state index contributed by atoms with van der Waals surface area (Å²) >= 11 is 1.25. The van der Waals surface area contributed by atoms with Gasteiger partial charge in [0.15, 0.2) is 0 Å². The molecule has 2 N–H and O–H groups in total. The van der Waals surface area contributed by atoms with Crippen molar-refractivity contribution in [3.05, 3.63) is 101 Å². The molecule has 4 heterocycles. The Balaban J connectivity index is 1.55. The molecule has 4 aromatic rings. The number of aromatic hydroxyl groups is 1. The van der Waals surface area contributed by atoms with Gasteiger partial charge in [-0.05, 0) is 42.5 Å². The summed E-state index contributed by atoms with van der Waals surface area (Å²) in [4.78, 5) is 35.3. The smallest absolute Gasteiger partial charge is 0.284 e. The summed E-state index contributed by atoms with van der Waals surface area (Å²) in [5.74, 6) is -1.68. The normalized spacial score (nSPS) is 15.0. The van der Waals surface area contributed by atoms with Crippen molar-refractivity contribution in [3.8, 4) is 16.3 Å². The van der Waals surface area contributed by atoms with Crippen molar-refractivity contribution in [1.29, 1.82) is 0 Å². The maximum absolute atomic E-state index is 14.9. The number of pyridine rings is 2. The molecular formula is C26H20FN5O3S. The Morgan fingerprint density at radius 3 is 2.75 bits per heavy atom. The predicted molar refractivity (Wildman–Crippen MR) is 133 cm³/mol. The van der Waals surface area contributed by atoms with E-state index in [1.165, 1.54) is 54.0 Å². The van der Waals surface area contributed by atoms with E-state index in [1.54, 1.807) is 24.4 Å². The monoisotopic (exact) mass is 501 g/mol. The van der Waals surface area contributed by atoms with Gasteiger partial charge in [-0.3, -0.25) is 19.6 Å². The van der Waals surface area contributed by atoms with Crippen LogP contribution in [0.15, 0.2) is 78.3 Å². The molecule has 3 aromatic heterocycles. The Labute approximate surface area is 209 Å². The minimum Gasteiger partial charge on any atom is -0.507 e. The molecule has 1 atom stereocenters. The zero-order valence-electron chi connectivity index (χ0n) is 19.1. The molecule has 8 nitrogen and oxygen atoms in total. The Hall–Kier alpha value is -4.44. The van der Waals surface area contributed by atoms with Crippen molar-refractivity contribution in [3.63, 3.8) is 0 Å². The van der Waals surface area contributed by atoms with E-state index in [4.69, 9.17) is 0 Å². The second kappa shape index (κ2) is 9.67. The Kier molecular flexibility index (Phi) is 6.26. The van der Waals surface area contributed by atoms with Crippen LogP contribution in [0.5, 0.6) is 5.75 Å². The number of nitrogens with one attached hydrogen (secondary N) is 1. The number of rotatable bonds is 5. The van der Waals surface area contributed by atoms with Crippen LogP contribution >= 0.6 is 11.3 Å². The van der Waals surface area contributed by atoms with Crippen LogP contribution in [0, 0.1) is 5.82 Å². The minimum absolute atomic E-state index is 0.0264. The van der Waals surface area contributed by atoms with Crippen molar-refractivity contribution < 1.29 is 19.1 Å². The van der Waals surface area contributed by atoms with Gasteiger partial charge in [0.25, 0.3) is 11.8 Å². The lowest BCUT2D eigenvalue weighted by Gasteiger charge is -2.22. The largest absolute Gasteiger partial charge is 0.507 e. The molecule has 36 heavy (non-hydrogen) atoms. The summed E-state index contributed by atoms with van der Waals surface area (Å²) < 4.78 is 14.9. The van der Waals surface area contributed by atoms with Crippen LogP contribution in [0.3, 0.4) is 0 Å². The van der Waals surface area contributed by atoms with Gasteiger partial charge in [-0.1, -0.05) is 12.1 Å². The molecule has 0 saturated carbocycles. The van der Waals surface area contributed by atoms with Gasteiger partial charge < -0.3 is 10.4 Å². The topological polar surface area (TPSA) is 108 Å². The molecule has 0 radical (unpaired) electrons. The number of phenols is 1. The first-order valence-corrected chi connectivity index (χ1v) is 11.8. The molecule has 1 aliphatic rings. The third kappa shape index (κ3) is 4.34. The number of hydrogen-bond donors (Lipinski definition) is 2. The third-order valence-corrected chi connectivity index (χ3v) is 6.87. The first kappa shape index (κ1) is 23.3. The molecule has 1 aliphatic heterocycles. The van der Waals surface area contributed by atoms with Crippen molar-refractivity contribution >= 4 is 28.9 Å². The standard InChI is InChI=1S/C26H20FN5O3S/c1-28-25(34)16-11-15(13-29-14-16)19-12-20(24-17(27)5-4-7-21(24)33)32(31-19)26(35)23-9-8-22(36-23)18-6-2-3-10-30-18/h2-11,13-14,20,33H,12H2,1H3,(H,28,34). The zero-order valence-corrected chi connectivity index (χ0v) is 19.9. The fourth-order valence-corrected chi connectivity index (χ4v) is 4.95. The SMILES string of the molecule is CNC(=O)c1cncc(C2=NN(C(=O)c3ccc(-c4ccccn4)s3)C(c3c(O)cccc3F)C2)c1. The molecule has 5 rings (SSSR count). The third-order valence-electron chi connectivity index (χ3n) is 5.78. The Morgan fingerprint density at radius 2 is 2.00 bits per heavy atom. The number of carbonyl (C=O) groups is 2. The van der Waals surface area contributed by atoms with Crippen molar-refractivity contribution in [2.24, 2.45) is 5.10 Å². The number of amides is 2. The van der Waals surface area contributed by atoms with E-state index < -0.39 is 17.8 Å². The lowest BCUT2D eigenvalue weighted by Crippen LogP contribution is -2.27. The van der Waals surface area contributed by atoms with Crippen LogP contribution in [-0.4, -0.2) is 44.7 Å². The number of benzene rings is 1. The molecule has 0 aliphatic carbocycles. The summed E-state index contributed by atoms with van der Waals surface area (Å²) in [7, 11) is 1.51. The summed E-state index contributed by atoms with van der Waals surface area (Å²) in [6, 6.07) is 13.7. The molecule has 180 valence electrons. The van der Waals surface area contributed by atoms with E-state index >= 15 is 0 Å². The first-order valence-electron chi connectivity index (χ1n) is 11.0. The Morgan fingerprint density at radius 1 is 1.14 bits per heavy atom. The van der Waals surface area contributed by atoms with Gasteiger partial charge in [-0.2, -0.15) is 5.10 Å². The van der Waals surface area contributed by atoms with Crippen LogP contribution < -0.4 is 5.32 Å². The summed E-state index contributed by atoms with van der Waals surface area (Å²) in [5.41, 5.74) is 1.99. The maximum Gasteiger partial charge on any atom is 0.284 e. The quantitative estimate of drug-likeness (QED) is 0.422. The molecular weight excluding hydrogens is 481 g/mol. The van der Waals surface area contributed by atoms with Gasteiger partial charge in [0.1, 0.15) is 11.6 Å². The molecule has 0 spiro atoms. The van der Waals surface area contributed by atoms with Gasteiger partial charge in [0.2, 0.25) is 0 Å².